The maximum atomic E-state index is 2.51. The van der Waals surface area contributed by atoms with Gasteiger partial charge in [0, 0.05) is 0 Å². The molecule has 0 aliphatic rings. The van der Waals surface area contributed by atoms with Crippen molar-refractivity contribution in [2.75, 3.05) is 0 Å². The smallest absolute Gasteiger partial charge is 0 e. The minimum absolute atomic E-state index is 0. The molecule has 0 rings (SSSR count). The fraction of sp³-hybridized carbons (Fsp3) is 1.00. The molecule has 0 heterocycles. The molecule has 0 aliphatic heterocycles. The van der Waals surface area contributed by atoms with Gasteiger partial charge in [-0.2, -0.15) is 0 Å². The van der Waals surface area contributed by atoms with Crippen LogP contribution < -0.4 is 0 Å². The van der Waals surface area contributed by atoms with E-state index >= 15 is 0 Å². The summed E-state index contributed by atoms with van der Waals surface area (Å²) in [4.78, 5) is 0. The van der Waals surface area contributed by atoms with Gasteiger partial charge in [0.1, 0.15) is 0 Å². The maximum Gasteiger partial charge on any atom is 0 e. The van der Waals surface area contributed by atoms with E-state index in [1.54, 1.807) is 0 Å². The van der Waals surface area contributed by atoms with E-state index in [0.29, 0.717) is 32.5 Å². The van der Waals surface area contributed by atoms with Crippen LogP contribution in [0.3, 0.4) is 0 Å². The van der Waals surface area contributed by atoms with Gasteiger partial charge >= 0.3 is 0 Å². The largest absolute Gasteiger partial charge is 0.0649 e. The van der Waals surface area contributed by atoms with Gasteiger partial charge in [-0.25, -0.2) is 0 Å². The van der Waals surface area contributed by atoms with Gasteiger partial charge in [0.25, 0.3) is 0 Å². The molecule has 0 amide bonds. The fourth-order valence-electron chi connectivity index (χ4n) is 4.53. The Morgan fingerprint density at radius 2 is 0.800 bits per heavy atom. The van der Waals surface area contributed by atoms with Gasteiger partial charge in [0.2, 0.25) is 0 Å². The molecule has 0 saturated carbocycles. The molecular formula is C24H50Rf. The molecule has 0 fully saturated rings. The second-order valence-corrected chi connectivity index (χ2v) is 13.1. The normalized spacial score (nSPS) is 15.1. The predicted octanol–water partition coefficient (Wildman–Crippen LogP) is 8.74. The Kier molecular flexibility index (Phi) is 7.68. The van der Waals surface area contributed by atoms with Gasteiger partial charge in [0.05, 0.1) is 0 Å². The Morgan fingerprint density at radius 1 is 0.440 bits per heavy atom. The third kappa shape index (κ3) is 7.02. The van der Waals surface area contributed by atoms with Crippen molar-refractivity contribution in [3.05, 3.63) is 0 Å². The van der Waals surface area contributed by atoms with Gasteiger partial charge in [-0.15, -0.1) is 0 Å². The van der Waals surface area contributed by atoms with Crippen LogP contribution >= 0.6 is 0 Å². The van der Waals surface area contributed by atoms with Gasteiger partial charge < -0.3 is 0 Å². The van der Waals surface area contributed by atoms with E-state index in [1.807, 2.05) is 0 Å². The summed E-state index contributed by atoms with van der Waals surface area (Å²) >= 11 is 0. The van der Waals surface area contributed by atoms with Gasteiger partial charge in [-0.1, -0.05) is 103 Å². The summed E-state index contributed by atoms with van der Waals surface area (Å²) in [5.74, 6) is 0. The van der Waals surface area contributed by atoms with E-state index < -0.39 is 0 Å². The number of hydrogen-bond acceptors (Lipinski definition) is 0. The standard InChI is InChI=1S/C24H50.Rf/c1-15-20(5,6)16-21(7,8)17-23(11,12)24(13,14)18-22(9,10)19(2,3)4;/h15-18H2,1-14H3;. The molecule has 0 aromatic rings. The third-order valence-corrected chi connectivity index (χ3v) is 7.58. The molecule has 0 nitrogen and oxygen atoms in total. The Morgan fingerprint density at radius 3 is 1.12 bits per heavy atom. The molecule has 0 radical (unpaired) electrons. The minimum atomic E-state index is 0. The molecule has 0 spiro atoms. The van der Waals surface area contributed by atoms with E-state index in [4.69, 9.17) is 0 Å². The quantitative estimate of drug-likeness (QED) is 0.260. The van der Waals surface area contributed by atoms with Crippen molar-refractivity contribution in [3.63, 3.8) is 0 Å². The first-order valence-electron chi connectivity index (χ1n) is 10.2. The molecule has 0 atom stereocenters. The molecule has 0 N–H and O–H groups in total. The van der Waals surface area contributed by atoms with E-state index in [0.717, 1.165) is 0 Å². The molecule has 148 valence electrons. The van der Waals surface area contributed by atoms with Crippen LogP contribution in [0.15, 0.2) is 0 Å². The van der Waals surface area contributed by atoms with E-state index in [2.05, 4.69) is 96.9 Å². The summed E-state index contributed by atoms with van der Waals surface area (Å²) in [5.41, 5.74) is 2.13. The van der Waals surface area contributed by atoms with Crippen LogP contribution in [-0.4, -0.2) is 0 Å². The van der Waals surface area contributed by atoms with Gasteiger partial charge in [-0.05, 0) is 51.8 Å². The van der Waals surface area contributed by atoms with Crippen molar-refractivity contribution >= 4 is 0 Å². The van der Waals surface area contributed by atoms with Crippen molar-refractivity contribution in [2.24, 2.45) is 32.5 Å². The summed E-state index contributed by atoms with van der Waals surface area (Å²) in [6.45, 7) is 34.3. The van der Waals surface area contributed by atoms with Crippen LogP contribution in [-0.2, 0) is 0 Å². The molecular weight excluding hydrogens is 555 g/mol. The Labute approximate surface area is 155 Å². The molecule has 0 aromatic heterocycles. The van der Waals surface area contributed by atoms with E-state index in [9.17, 15) is 0 Å². The van der Waals surface area contributed by atoms with Crippen LogP contribution in [0.1, 0.15) is 123 Å². The monoisotopic (exact) mass is 606 g/mol. The average molecular weight is 606 g/mol. The zero-order valence-electron chi connectivity index (χ0n) is 20.5. The summed E-state index contributed by atoms with van der Waals surface area (Å²) < 4.78 is 0. The van der Waals surface area contributed by atoms with E-state index in [-0.39, 0.29) is 0 Å². The van der Waals surface area contributed by atoms with Crippen molar-refractivity contribution in [1.29, 1.82) is 0 Å². The molecule has 0 bridgehead atoms. The van der Waals surface area contributed by atoms with Crippen LogP contribution in [0.25, 0.3) is 0 Å². The van der Waals surface area contributed by atoms with Crippen LogP contribution in [0.4, 0.5) is 0 Å². The fourth-order valence-corrected chi connectivity index (χ4v) is 4.53. The second kappa shape index (κ2) is 7.32. The first-order chi connectivity index (χ1) is 10.2. The average Bonchev–Trinajstić information content (AvgIpc) is 2.22. The zero-order chi connectivity index (χ0) is 19.8. The minimum Gasteiger partial charge on any atom is -0.0649 e. The van der Waals surface area contributed by atoms with Crippen LogP contribution in [0.2, 0.25) is 0 Å². The van der Waals surface area contributed by atoms with Crippen molar-refractivity contribution < 1.29 is 0 Å². The van der Waals surface area contributed by atoms with Gasteiger partial charge in [0.15, 0.2) is 0 Å². The zero-order valence-corrected chi connectivity index (χ0v) is 26.9. The summed E-state index contributed by atoms with van der Waals surface area (Å²) in [7, 11) is 0. The van der Waals surface area contributed by atoms with Crippen molar-refractivity contribution in [1.82, 2.24) is 0 Å². The SMILES string of the molecule is CCC(C)(C)CC(C)(C)CC(C)(C)C(C)(C)CC(C)(C)C(C)(C)C.[Rf]. The molecule has 0 saturated heterocycles. The van der Waals surface area contributed by atoms with Crippen LogP contribution in [0.5, 0.6) is 0 Å². The predicted molar refractivity (Wildman–Crippen MR) is 113 cm³/mol. The second-order valence-electron chi connectivity index (χ2n) is 13.1. The summed E-state index contributed by atoms with van der Waals surface area (Å²) in [6.07, 6.45) is 5.12. The van der Waals surface area contributed by atoms with Crippen molar-refractivity contribution in [3.8, 4) is 0 Å². The topological polar surface area (TPSA) is 0 Å². The number of hydrogen-bond donors (Lipinski definition) is 0. The number of rotatable bonds is 8. The molecule has 0 unspecified atom stereocenters. The Bertz CT molecular complexity index is 402. The van der Waals surface area contributed by atoms with Gasteiger partial charge in [-0.3, -0.25) is 0 Å². The van der Waals surface area contributed by atoms with E-state index in [1.165, 1.54) is 25.7 Å². The maximum absolute atomic E-state index is 2.51. The molecule has 0 aliphatic carbocycles. The Balaban J connectivity index is 0. The molecule has 0 aromatic carbocycles. The Hall–Kier alpha value is -1.00. The first kappa shape index (κ1) is 26.2. The summed E-state index contributed by atoms with van der Waals surface area (Å²) in [6, 6.07) is 0. The molecule has 1 heteroatoms. The summed E-state index contributed by atoms with van der Waals surface area (Å²) in [5, 5.41) is 0. The molecule has 25 heavy (non-hydrogen) atoms. The van der Waals surface area contributed by atoms with Crippen LogP contribution in [0, 0.1) is 32.5 Å². The third-order valence-electron chi connectivity index (χ3n) is 7.58. The first-order valence-corrected chi connectivity index (χ1v) is 10.2. The van der Waals surface area contributed by atoms with Crippen molar-refractivity contribution in [2.45, 2.75) is 123 Å².